The Bertz CT molecular complexity index is 3400. The lowest BCUT2D eigenvalue weighted by atomic mass is 9.77. The maximum atomic E-state index is 6.49. The van der Waals surface area contributed by atoms with Gasteiger partial charge in [-0.2, -0.15) is 0 Å². The molecule has 3 nitrogen and oxygen atoms in total. The van der Waals surface area contributed by atoms with E-state index in [0.29, 0.717) is 0 Å². The van der Waals surface area contributed by atoms with Crippen LogP contribution in [0.3, 0.4) is 0 Å². The molecule has 0 bridgehead atoms. The van der Waals surface area contributed by atoms with Gasteiger partial charge in [0.1, 0.15) is 22.3 Å². The zero-order valence-corrected chi connectivity index (χ0v) is 33.6. The first-order valence-corrected chi connectivity index (χ1v) is 20.9. The minimum Gasteiger partial charge on any atom is -0.456 e. The van der Waals surface area contributed by atoms with Crippen LogP contribution in [0.2, 0.25) is 0 Å². The number of benzene rings is 8. The summed E-state index contributed by atoms with van der Waals surface area (Å²) in [4.78, 5) is 2.39. The van der Waals surface area contributed by atoms with Crippen LogP contribution in [0.4, 0.5) is 11.4 Å². The molecule has 0 fully saturated rings. The van der Waals surface area contributed by atoms with E-state index in [4.69, 9.17) is 8.83 Å². The van der Waals surface area contributed by atoms with Crippen molar-refractivity contribution in [2.45, 2.75) is 31.6 Å². The second kappa shape index (κ2) is 14.5. The molecule has 1 atom stereocenters. The Labute approximate surface area is 349 Å². The van der Waals surface area contributed by atoms with Gasteiger partial charge < -0.3 is 13.7 Å². The van der Waals surface area contributed by atoms with Crippen molar-refractivity contribution in [2.75, 3.05) is 4.90 Å². The molecular formula is C57H43NO2. The third-order valence-corrected chi connectivity index (χ3v) is 12.5. The largest absolute Gasteiger partial charge is 0.456 e. The molecule has 0 N–H and O–H groups in total. The Morgan fingerprint density at radius 3 is 2.07 bits per heavy atom. The zero-order chi connectivity index (χ0) is 40.2. The molecule has 3 heteroatoms. The molecule has 0 aliphatic heterocycles. The molecule has 2 heterocycles. The average molecular weight is 774 g/mol. The Hall–Kier alpha value is -7.36. The summed E-state index contributed by atoms with van der Waals surface area (Å²) in [6.07, 6.45) is 16.5. The summed E-state index contributed by atoms with van der Waals surface area (Å²) >= 11 is 0. The number of para-hydroxylation sites is 2. The number of fused-ring (bicyclic) bond motifs is 9. The smallest absolute Gasteiger partial charge is 0.137 e. The van der Waals surface area contributed by atoms with Crippen LogP contribution in [0.5, 0.6) is 0 Å². The Morgan fingerprint density at radius 1 is 0.583 bits per heavy atom. The van der Waals surface area contributed by atoms with Crippen molar-refractivity contribution >= 4 is 82.4 Å². The van der Waals surface area contributed by atoms with Crippen molar-refractivity contribution in [1.82, 2.24) is 0 Å². The van der Waals surface area contributed by atoms with Gasteiger partial charge >= 0.3 is 0 Å². The van der Waals surface area contributed by atoms with Crippen LogP contribution in [0.15, 0.2) is 210 Å². The van der Waals surface area contributed by atoms with Crippen LogP contribution < -0.4 is 4.90 Å². The SMILES string of the molecule is C=CCC(C)(/C=C\N(c1ccc(-c2ccc3c(ccc4oc5ccccc5c43)c2)cc1C1=CCCC=C1)c1cccc2oc3ccccc3c12)c1cccc2ccccc12. The lowest BCUT2D eigenvalue weighted by Gasteiger charge is -2.30. The number of rotatable bonds is 9. The minimum atomic E-state index is -0.353. The van der Waals surface area contributed by atoms with Crippen molar-refractivity contribution in [3.8, 4) is 11.1 Å². The minimum absolute atomic E-state index is 0.353. The number of hydrogen-bond donors (Lipinski definition) is 0. The van der Waals surface area contributed by atoms with Crippen molar-refractivity contribution in [1.29, 1.82) is 0 Å². The number of anilines is 2. The Balaban J connectivity index is 1.12. The summed E-state index contributed by atoms with van der Waals surface area (Å²) in [6, 6.07) is 56.5. The highest BCUT2D eigenvalue weighted by Crippen LogP contribution is 2.45. The summed E-state index contributed by atoms with van der Waals surface area (Å²) in [6.45, 7) is 6.57. The van der Waals surface area contributed by atoms with Crippen molar-refractivity contribution in [3.63, 3.8) is 0 Å². The highest BCUT2D eigenvalue weighted by atomic mass is 16.3. The van der Waals surface area contributed by atoms with E-state index in [1.807, 2.05) is 24.3 Å². The third-order valence-electron chi connectivity index (χ3n) is 12.5. The van der Waals surface area contributed by atoms with Gasteiger partial charge in [-0.1, -0.05) is 146 Å². The fourth-order valence-corrected chi connectivity index (χ4v) is 9.48. The van der Waals surface area contributed by atoms with Crippen LogP contribution in [0, 0.1) is 0 Å². The number of allylic oxidation sites excluding steroid dienone is 6. The summed E-state index contributed by atoms with van der Waals surface area (Å²) < 4.78 is 12.7. The molecule has 8 aromatic carbocycles. The lowest BCUT2D eigenvalue weighted by molar-refractivity contribution is 0.610. The fourth-order valence-electron chi connectivity index (χ4n) is 9.48. The van der Waals surface area contributed by atoms with Crippen LogP contribution in [0.25, 0.3) is 82.1 Å². The fraction of sp³-hybridized carbons (Fsp3) is 0.0877. The first-order chi connectivity index (χ1) is 29.6. The van der Waals surface area contributed by atoms with Gasteiger partial charge in [-0.3, -0.25) is 0 Å². The van der Waals surface area contributed by atoms with E-state index in [1.54, 1.807) is 0 Å². The quantitative estimate of drug-likeness (QED) is 0.137. The summed E-state index contributed by atoms with van der Waals surface area (Å²) in [5, 5.41) is 9.36. The highest BCUT2D eigenvalue weighted by molar-refractivity contribution is 6.19. The van der Waals surface area contributed by atoms with Crippen LogP contribution in [0.1, 0.15) is 37.3 Å². The van der Waals surface area contributed by atoms with Gasteiger partial charge in [0, 0.05) is 33.3 Å². The van der Waals surface area contributed by atoms with Crippen molar-refractivity contribution < 1.29 is 8.83 Å². The van der Waals surface area contributed by atoms with E-state index < -0.39 is 0 Å². The van der Waals surface area contributed by atoms with Gasteiger partial charge in [-0.05, 0) is 112 Å². The number of furan rings is 2. The van der Waals surface area contributed by atoms with E-state index in [-0.39, 0.29) is 5.41 Å². The van der Waals surface area contributed by atoms with Gasteiger partial charge in [-0.15, -0.1) is 6.58 Å². The summed E-state index contributed by atoms with van der Waals surface area (Å²) in [7, 11) is 0. The first-order valence-electron chi connectivity index (χ1n) is 20.9. The number of nitrogens with zero attached hydrogens (tertiary/aromatic N) is 1. The molecule has 2 aromatic heterocycles. The third kappa shape index (κ3) is 5.96. The van der Waals surface area contributed by atoms with Crippen LogP contribution in [-0.4, -0.2) is 0 Å². The maximum Gasteiger partial charge on any atom is 0.137 e. The van der Waals surface area contributed by atoms with E-state index in [9.17, 15) is 0 Å². The molecule has 10 aromatic rings. The normalized spacial score (nSPS) is 14.2. The van der Waals surface area contributed by atoms with Crippen LogP contribution in [-0.2, 0) is 5.41 Å². The van der Waals surface area contributed by atoms with Gasteiger partial charge in [0.05, 0.1) is 16.8 Å². The predicted octanol–water partition coefficient (Wildman–Crippen LogP) is 16.4. The molecule has 0 saturated carbocycles. The van der Waals surface area contributed by atoms with Gasteiger partial charge in [-0.25, -0.2) is 0 Å². The molecule has 0 amide bonds. The number of hydrogen-bond acceptors (Lipinski definition) is 3. The zero-order valence-electron chi connectivity index (χ0n) is 33.6. The molecule has 0 saturated heterocycles. The van der Waals surface area contributed by atoms with Crippen molar-refractivity contribution in [2.24, 2.45) is 0 Å². The molecule has 288 valence electrons. The molecule has 0 radical (unpaired) electrons. The standard InChI is InChI=1S/C57H43NO2/c1-3-33-57(2,48-22-13-18-38-17-7-8-19-43(38)48)34-35-58(50-23-14-26-53-56(50)46-21-10-12-25-52(46)59-53)49-31-28-41(37-47(49)39-15-5-4-6-16-39)40-27-30-44-42(36-40)29-32-54-55(44)45-20-9-11-24-51(45)60-54/h3,5,7-32,34-37H,1,4,6,33H2,2H3/b35-34-. The first kappa shape index (κ1) is 35.8. The van der Waals surface area contributed by atoms with E-state index in [2.05, 4.69) is 188 Å². The lowest BCUT2D eigenvalue weighted by Crippen LogP contribution is -2.21. The molecule has 1 unspecified atom stereocenters. The average Bonchev–Trinajstić information content (AvgIpc) is 3.88. The Kier molecular flexibility index (Phi) is 8.63. The molecule has 0 spiro atoms. The second-order valence-corrected chi connectivity index (χ2v) is 16.2. The Morgan fingerprint density at radius 2 is 1.27 bits per heavy atom. The second-order valence-electron chi connectivity index (χ2n) is 16.2. The molecular weight excluding hydrogens is 731 g/mol. The molecule has 1 aliphatic carbocycles. The molecule has 1 aliphatic rings. The predicted molar refractivity (Wildman–Crippen MR) is 254 cm³/mol. The highest BCUT2D eigenvalue weighted by Gasteiger charge is 2.27. The van der Waals surface area contributed by atoms with Crippen molar-refractivity contribution in [3.05, 3.63) is 212 Å². The van der Waals surface area contributed by atoms with E-state index in [0.717, 1.165) is 74.7 Å². The van der Waals surface area contributed by atoms with Gasteiger partial charge in [0.15, 0.2) is 0 Å². The molecule has 60 heavy (non-hydrogen) atoms. The maximum absolute atomic E-state index is 6.49. The summed E-state index contributed by atoms with van der Waals surface area (Å²) in [5.41, 5.74) is 11.4. The summed E-state index contributed by atoms with van der Waals surface area (Å²) in [5.74, 6) is 0. The topological polar surface area (TPSA) is 29.5 Å². The monoisotopic (exact) mass is 773 g/mol. The van der Waals surface area contributed by atoms with E-state index in [1.165, 1.54) is 49.2 Å². The van der Waals surface area contributed by atoms with E-state index >= 15 is 0 Å². The van der Waals surface area contributed by atoms with Gasteiger partial charge in [0.25, 0.3) is 0 Å². The molecule has 11 rings (SSSR count). The van der Waals surface area contributed by atoms with Crippen LogP contribution >= 0.6 is 0 Å². The van der Waals surface area contributed by atoms with Gasteiger partial charge in [0.2, 0.25) is 0 Å².